The summed E-state index contributed by atoms with van der Waals surface area (Å²) in [5, 5.41) is 2.11. The van der Waals surface area contributed by atoms with Crippen molar-refractivity contribution in [1.82, 2.24) is 0 Å². The first-order chi connectivity index (χ1) is 16.5. The van der Waals surface area contributed by atoms with Crippen molar-refractivity contribution in [3.8, 4) is 0 Å². The van der Waals surface area contributed by atoms with Gasteiger partial charge in [0.25, 0.3) is 0 Å². The Labute approximate surface area is 229 Å². The maximum Gasteiger partial charge on any atom is 0.516 e. The number of carbonyl (C=O) groups excluding carboxylic acids is 1. The van der Waals surface area contributed by atoms with Crippen molar-refractivity contribution in [2.24, 2.45) is 5.73 Å². The smallest absolute Gasteiger partial charge is 0.373 e. The Morgan fingerprint density at radius 3 is 1.83 bits per heavy atom. The zero-order chi connectivity index (χ0) is 24.9. The first-order valence-electron chi connectivity index (χ1n) is 12.2. The molecule has 194 valence electrons. The third-order valence-electron chi connectivity index (χ3n) is 5.63. The molecule has 0 aliphatic carbocycles. The first kappa shape index (κ1) is 31.5. The van der Waals surface area contributed by atoms with Gasteiger partial charge in [0.1, 0.15) is 0 Å². The van der Waals surface area contributed by atoms with Gasteiger partial charge >= 0.3 is 8.80 Å². The molecule has 0 radical (unpaired) electrons. The SMILES string of the molecule is C=CC(=O)Nc1ccc(C(CCN)(c2ccccc2)[Si](OCCC)(OCCC)OCCC)cc1.I. The molecule has 0 fully saturated rings. The van der Waals surface area contributed by atoms with Crippen LogP contribution in [0, 0.1) is 0 Å². The summed E-state index contributed by atoms with van der Waals surface area (Å²) in [5.41, 5.74) is 9.01. The Morgan fingerprint density at radius 1 is 0.914 bits per heavy atom. The van der Waals surface area contributed by atoms with Crippen LogP contribution in [-0.4, -0.2) is 41.1 Å². The van der Waals surface area contributed by atoms with E-state index in [9.17, 15) is 4.79 Å². The predicted octanol–water partition coefficient (Wildman–Crippen LogP) is 5.82. The summed E-state index contributed by atoms with van der Waals surface area (Å²) in [6, 6.07) is 18.1. The lowest BCUT2D eigenvalue weighted by Crippen LogP contribution is -2.64. The molecule has 0 saturated carbocycles. The minimum atomic E-state index is -3.38. The second-order valence-electron chi connectivity index (χ2n) is 8.18. The molecule has 1 unspecified atom stereocenters. The van der Waals surface area contributed by atoms with Gasteiger partial charge in [0.05, 0.1) is 5.04 Å². The van der Waals surface area contributed by atoms with Crippen molar-refractivity contribution in [3.05, 3.63) is 78.4 Å². The Bertz CT molecular complexity index is 861. The van der Waals surface area contributed by atoms with E-state index in [1.165, 1.54) is 6.08 Å². The molecule has 1 atom stereocenters. The summed E-state index contributed by atoms with van der Waals surface area (Å²) in [6.45, 7) is 11.8. The third kappa shape index (κ3) is 7.71. The fourth-order valence-corrected chi connectivity index (χ4v) is 8.04. The Kier molecular flexibility index (Phi) is 14.6. The normalized spacial score (nSPS) is 12.9. The van der Waals surface area contributed by atoms with Crippen LogP contribution in [0.4, 0.5) is 5.69 Å². The maximum absolute atomic E-state index is 11.8. The largest absolute Gasteiger partial charge is 0.516 e. The van der Waals surface area contributed by atoms with Crippen LogP contribution in [-0.2, 0) is 23.1 Å². The Morgan fingerprint density at radius 2 is 1.40 bits per heavy atom. The van der Waals surface area contributed by atoms with Crippen molar-refractivity contribution in [3.63, 3.8) is 0 Å². The maximum atomic E-state index is 11.8. The van der Waals surface area contributed by atoms with Crippen molar-refractivity contribution < 1.29 is 18.1 Å². The number of hydrogen-bond acceptors (Lipinski definition) is 5. The summed E-state index contributed by atoms with van der Waals surface area (Å²) in [4.78, 5) is 11.8. The molecule has 35 heavy (non-hydrogen) atoms. The third-order valence-corrected chi connectivity index (χ3v) is 9.25. The van der Waals surface area contributed by atoms with E-state index in [2.05, 4.69) is 44.8 Å². The van der Waals surface area contributed by atoms with Crippen LogP contribution < -0.4 is 11.1 Å². The van der Waals surface area contributed by atoms with Gasteiger partial charge in [-0.2, -0.15) is 0 Å². The van der Waals surface area contributed by atoms with Crippen LogP contribution in [0.1, 0.15) is 57.6 Å². The van der Waals surface area contributed by atoms with E-state index < -0.39 is 13.8 Å². The summed E-state index contributed by atoms with van der Waals surface area (Å²) in [7, 11) is -3.38. The molecule has 2 aromatic rings. The summed E-state index contributed by atoms with van der Waals surface area (Å²) >= 11 is 0. The lowest BCUT2D eigenvalue weighted by atomic mass is 9.87. The second kappa shape index (κ2) is 16.2. The molecule has 0 bridgehead atoms. The molecule has 0 spiro atoms. The molecule has 2 rings (SSSR count). The number of amides is 1. The number of anilines is 1. The van der Waals surface area contributed by atoms with Gasteiger partial charge in [-0.05, 0) is 61.6 Å². The Hall–Kier alpha value is -1.56. The van der Waals surface area contributed by atoms with Crippen LogP contribution in [0.15, 0.2) is 67.3 Å². The van der Waals surface area contributed by atoms with E-state index in [1.54, 1.807) is 0 Å². The van der Waals surface area contributed by atoms with Gasteiger partial charge in [0, 0.05) is 25.5 Å². The highest BCUT2D eigenvalue weighted by atomic mass is 127. The molecule has 0 aromatic heterocycles. The van der Waals surface area contributed by atoms with Gasteiger partial charge in [-0.1, -0.05) is 69.8 Å². The quantitative estimate of drug-likeness (QED) is 0.142. The highest BCUT2D eigenvalue weighted by Gasteiger charge is 2.62. The molecule has 6 nitrogen and oxygen atoms in total. The number of nitrogens with one attached hydrogen (secondary N) is 1. The topological polar surface area (TPSA) is 82.8 Å². The number of benzene rings is 2. The number of carbonyl (C=O) groups is 1. The number of nitrogens with two attached hydrogens (primary N) is 1. The van der Waals surface area contributed by atoms with Gasteiger partial charge in [0.15, 0.2) is 0 Å². The van der Waals surface area contributed by atoms with E-state index in [0.29, 0.717) is 38.5 Å². The molecular weight excluding hydrogens is 571 g/mol. The van der Waals surface area contributed by atoms with Gasteiger partial charge in [-0.3, -0.25) is 4.79 Å². The monoisotopic (exact) mass is 612 g/mol. The number of rotatable bonds is 16. The highest BCUT2D eigenvalue weighted by Crippen LogP contribution is 2.45. The van der Waals surface area contributed by atoms with Crippen LogP contribution >= 0.6 is 24.0 Å². The predicted molar refractivity (Wildman–Crippen MR) is 156 cm³/mol. The fraction of sp³-hybridized carbons (Fsp3) is 0.444. The summed E-state index contributed by atoms with van der Waals surface area (Å²) in [6.07, 6.45) is 4.39. The summed E-state index contributed by atoms with van der Waals surface area (Å²) < 4.78 is 20.0. The minimum Gasteiger partial charge on any atom is -0.373 e. The zero-order valence-electron chi connectivity index (χ0n) is 21.3. The van der Waals surface area contributed by atoms with E-state index >= 15 is 0 Å². The molecule has 0 heterocycles. The van der Waals surface area contributed by atoms with E-state index in [-0.39, 0.29) is 29.9 Å². The standard InChI is InChI=1S/C27H40N2O4Si.HI/c1-5-20-31-34(32-21-6-2,33-22-7-3)27(18-19-28,23-12-10-9-11-13-23)24-14-16-25(17-15-24)29-26(30)8-4;/h8-17H,4-7,18-22,28H2,1-3H3,(H,29,30);1H. The fourth-order valence-electron chi connectivity index (χ4n) is 4.14. The molecule has 3 N–H and O–H groups in total. The average molecular weight is 613 g/mol. The van der Waals surface area contributed by atoms with Gasteiger partial charge in [-0.25, -0.2) is 0 Å². The second-order valence-corrected chi connectivity index (χ2v) is 11.0. The van der Waals surface area contributed by atoms with Crippen molar-refractivity contribution in [2.45, 2.75) is 51.5 Å². The average Bonchev–Trinajstić information content (AvgIpc) is 2.88. The van der Waals surface area contributed by atoms with E-state index in [1.807, 2.05) is 42.5 Å². The summed E-state index contributed by atoms with van der Waals surface area (Å²) in [5.74, 6) is -0.253. The van der Waals surface area contributed by atoms with Gasteiger partial charge in [0.2, 0.25) is 5.91 Å². The Balaban J connectivity index is 0.00000612. The lowest BCUT2D eigenvalue weighted by molar-refractivity contribution is -0.111. The molecular formula is C27H41IN2O4Si. The van der Waals surface area contributed by atoms with Gasteiger partial charge in [-0.15, -0.1) is 24.0 Å². The van der Waals surface area contributed by atoms with E-state index in [0.717, 1.165) is 30.4 Å². The molecule has 0 saturated heterocycles. The molecule has 0 aliphatic rings. The highest BCUT2D eigenvalue weighted by molar-refractivity contribution is 14.0. The molecule has 0 aliphatic heterocycles. The number of halogens is 1. The number of hydrogen-bond donors (Lipinski definition) is 2. The van der Waals surface area contributed by atoms with Crippen LogP contribution in [0.25, 0.3) is 0 Å². The van der Waals surface area contributed by atoms with Crippen molar-refractivity contribution in [2.75, 3.05) is 31.7 Å². The first-order valence-corrected chi connectivity index (χ1v) is 14.0. The van der Waals surface area contributed by atoms with E-state index in [4.69, 9.17) is 19.0 Å². The zero-order valence-corrected chi connectivity index (χ0v) is 24.6. The molecule has 2 aromatic carbocycles. The van der Waals surface area contributed by atoms with Crippen molar-refractivity contribution >= 4 is 44.4 Å². The molecule has 1 amide bonds. The van der Waals surface area contributed by atoms with Crippen LogP contribution in [0.5, 0.6) is 0 Å². The lowest BCUT2D eigenvalue weighted by Gasteiger charge is -2.46. The van der Waals surface area contributed by atoms with Crippen LogP contribution in [0.3, 0.4) is 0 Å². The van der Waals surface area contributed by atoms with Crippen molar-refractivity contribution in [1.29, 1.82) is 0 Å². The minimum absolute atomic E-state index is 0. The van der Waals surface area contributed by atoms with Gasteiger partial charge < -0.3 is 24.3 Å². The van der Waals surface area contributed by atoms with Crippen LogP contribution in [0.2, 0.25) is 0 Å². The molecule has 8 heteroatoms.